The number of halogens is 2. The molecule has 2 N–H and O–H groups in total. The van der Waals surface area contributed by atoms with Crippen molar-refractivity contribution < 1.29 is 9.18 Å². The number of thioether (sulfide) groups is 1. The fourth-order valence-electron chi connectivity index (χ4n) is 3.21. The van der Waals surface area contributed by atoms with Crippen LogP contribution in [-0.2, 0) is 4.79 Å². The predicted molar refractivity (Wildman–Crippen MR) is 112 cm³/mol. The van der Waals surface area contributed by atoms with Gasteiger partial charge in [-0.2, -0.15) is 0 Å². The van der Waals surface area contributed by atoms with Crippen molar-refractivity contribution in [2.75, 3.05) is 19.6 Å². The lowest BCUT2D eigenvalue weighted by atomic mass is 9.96. The Labute approximate surface area is 170 Å². The van der Waals surface area contributed by atoms with Gasteiger partial charge < -0.3 is 10.6 Å². The summed E-state index contributed by atoms with van der Waals surface area (Å²) in [5.41, 5.74) is 0.957. The van der Waals surface area contributed by atoms with Crippen LogP contribution in [0, 0.1) is 11.7 Å². The molecule has 1 amide bonds. The van der Waals surface area contributed by atoms with E-state index < -0.39 is 0 Å². The first kappa shape index (κ1) is 21.7. The van der Waals surface area contributed by atoms with Crippen LogP contribution in [0.3, 0.4) is 0 Å². The Hall–Kier alpha value is -1.56. The lowest BCUT2D eigenvalue weighted by Gasteiger charge is -2.23. The van der Waals surface area contributed by atoms with Crippen LogP contribution >= 0.6 is 24.2 Å². The van der Waals surface area contributed by atoms with E-state index in [1.165, 1.54) is 36.7 Å². The Morgan fingerprint density at radius 1 is 1.19 bits per heavy atom. The third-order valence-electron chi connectivity index (χ3n) is 4.66. The number of hydrogen-bond donors (Lipinski definition) is 2. The Morgan fingerprint density at radius 2 is 1.93 bits per heavy atom. The molecular formula is C21H26ClFN2OS. The zero-order chi connectivity index (χ0) is 18.2. The maximum Gasteiger partial charge on any atom is 0.237 e. The molecule has 27 heavy (non-hydrogen) atoms. The highest BCUT2D eigenvalue weighted by atomic mass is 35.5. The molecule has 3 rings (SSSR count). The summed E-state index contributed by atoms with van der Waals surface area (Å²) >= 11 is 1.45. The number of benzene rings is 2. The minimum Gasteiger partial charge on any atom is -0.355 e. The molecule has 0 spiro atoms. The minimum absolute atomic E-state index is 0. The fourth-order valence-corrected chi connectivity index (χ4v) is 4.26. The van der Waals surface area contributed by atoms with Crippen LogP contribution in [0.25, 0.3) is 0 Å². The SMILES string of the molecule is Cl.O=C(NCCC1CCCNC1)C(Sc1ccc(F)cc1)c1ccccc1. The zero-order valence-corrected chi connectivity index (χ0v) is 16.8. The van der Waals surface area contributed by atoms with Crippen LogP contribution in [0.5, 0.6) is 0 Å². The van der Waals surface area contributed by atoms with Crippen molar-refractivity contribution in [3.63, 3.8) is 0 Å². The number of hydrogen-bond acceptors (Lipinski definition) is 3. The first-order valence-electron chi connectivity index (χ1n) is 9.18. The van der Waals surface area contributed by atoms with Crippen LogP contribution in [0.2, 0.25) is 0 Å². The number of nitrogens with one attached hydrogen (secondary N) is 2. The molecule has 6 heteroatoms. The molecule has 1 aliphatic rings. The van der Waals surface area contributed by atoms with E-state index in [4.69, 9.17) is 0 Å². The lowest BCUT2D eigenvalue weighted by Crippen LogP contribution is -2.34. The quantitative estimate of drug-likeness (QED) is 0.658. The maximum atomic E-state index is 13.2. The average molecular weight is 409 g/mol. The van der Waals surface area contributed by atoms with Crippen LogP contribution < -0.4 is 10.6 Å². The first-order valence-corrected chi connectivity index (χ1v) is 10.1. The van der Waals surface area contributed by atoms with Gasteiger partial charge in [0.1, 0.15) is 11.1 Å². The zero-order valence-electron chi connectivity index (χ0n) is 15.2. The molecule has 0 saturated carbocycles. The third-order valence-corrected chi connectivity index (χ3v) is 5.93. The van der Waals surface area contributed by atoms with E-state index in [-0.39, 0.29) is 29.4 Å². The van der Waals surface area contributed by atoms with Gasteiger partial charge in [0, 0.05) is 11.4 Å². The molecule has 146 valence electrons. The highest BCUT2D eigenvalue weighted by Crippen LogP contribution is 2.35. The van der Waals surface area contributed by atoms with E-state index in [1.54, 1.807) is 12.1 Å². The highest BCUT2D eigenvalue weighted by Gasteiger charge is 2.22. The first-order chi connectivity index (χ1) is 12.7. The van der Waals surface area contributed by atoms with Crippen molar-refractivity contribution in [2.24, 2.45) is 5.92 Å². The van der Waals surface area contributed by atoms with Crippen molar-refractivity contribution in [2.45, 2.75) is 29.4 Å². The van der Waals surface area contributed by atoms with Gasteiger partial charge in [-0.3, -0.25) is 4.79 Å². The molecule has 0 aliphatic carbocycles. The van der Waals surface area contributed by atoms with E-state index in [9.17, 15) is 9.18 Å². The van der Waals surface area contributed by atoms with Gasteiger partial charge in [0.25, 0.3) is 0 Å². The molecule has 1 heterocycles. The maximum absolute atomic E-state index is 13.2. The Morgan fingerprint density at radius 3 is 2.59 bits per heavy atom. The van der Waals surface area contributed by atoms with Gasteiger partial charge in [0.05, 0.1) is 0 Å². The molecule has 1 fully saturated rings. The normalized spacial score (nSPS) is 17.6. The van der Waals surface area contributed by atoms with Crippen LogP contribution in [-0.4, -0.2) is 25.5 Å². The lowest BCUT2D eigenvalue weighted by molar-refractivity contribution is -0.120. The van der Waals surface area contributed by atoms with Crippen LogP contribution in [0.4, 0.5) is 4.39 Å². The molecule has 2 aromatic carbocycles. The summed E-state index contributed by atoms with van der Waals surface area (Å²) in [5.74, 6) is 0.384. The molecule has 0 bridgehead atoms. The summed E-state index contributed by atoms with van der Waals surface area (Å²) in [6.07, 6.45) is 3.45. The van der Waals surface area contributed by atoms with Gasteiger partial charge >= 0.3 is 0 Å². The largest absolute Gasteiger partial charge is 0.355 e. The fraction of sp³-hybridized carbons (Fsp3) is 0.381. The molecular weight excluding hydrogens is 383 g/mol. The Kier molecular flexibility index (Phi) is 9.11. The summed E-state index contributed by atoms with van der Waals surface area (Å²) in [4.78, 5) is 13.7. The molecule has 0 radical (unpaired) electrons. The van der Waals surface area contributed by atoms with Gasteiger partial charge in [-0.1, -0.05) is 30.3 Å². The highest BCUT2D eigenvalue weighted by molar-refractivity contribution is 8.00. The third kappa shape index (κ3) is 6.83. The van der Waals surface area contributed by atoms with Gasteiger partial charge in [-0.05, 0) is 68.1 Å². The van der Waals surface area contributed by atoms with Crippen molar-refractivity contribution >= 4 is 30.1 Å². The van der Waals surface area contributed by atoms with Crippen molar-refractivity contribution in [1.29, 1.82) is 0 Å². The van der Waals surface area contributed by atoms with Gasteiger partial charge in [-0.15, -0.1) is 24.2 Å². The van der Waals surface area contributed by atoms with Crippen LogP contribution in [0.15, 0.2) is 59.5 Å². The summed E-state index contributed by atoms with van der Waals surface area (Å²) < 4.78 is 13.2. The smallest absolute Gasteiger partial charge is 0.237 e. The molecule has 1 aliphatic heterocycles. The predicted octanol–water partition coefficient (Wildman–Crippen LogP) is 4.59. The molecule has 2 atom stereocenters. The average Bonchev–Trinajstić information content (AvgIpc) is 2.69. The minimum atomic E-state index is -0.342. The van der Waals surface area contributed by atoms with Crippen molar-refractivity contribution in [1.82, 2.24) is 10.6 Å². The molecule has 3 nitrogen and oxygen atoms in total. The number of piperidine rings is 1. The Bertz CT molecular complexity index is 693. The van der Waals surface area contributed by atoms with E-state index >= 15 is 0 Å². The van der Waals surface area contributed by atoms with E-state index in [1.807, 2.05) is 30.3 Å². The number of carbonyl (C=O) groups excluding carboxylic acids is 1. The van der Waals surface area contributed by atoms with Gasteiger partial charge in [-0.25, -0.2) is 4.39 Å². The van der Waals surface area contributed by atoms with Gasteiger partial charge in [0.2, 0.25) is 5.91 Å². The number of amides is 1. The number of carbonyl (C=O) groups is 1. The molecule has 2 aromatic rings. The second-order valence-electron chi connectivity index (χ2n) is 6.65. The summed E-state index contributed by atoms with van der Waals surface area (Å²) in [7, 11) is 0. The summed E-state index contributed by atoms with van der Waals surface area (Å²) in [5, 5.41) is 6.17. The van der Waals surface area contributed by atoms with Crippen LogP contribution in [0.1, 0.15) is 30.1 Å². The topological polar surface area (TPSA) is 41.1 Å². The standard InChI is InChI=1S/C21H25FN2OS.ClH/c22-18-8-10-19(11-9-18)26-20(17-6-2-1-3-7-17)21(25)24-14-12-16-5-4-13-23-15-16;/h1-3,6-11,16,20,23H,4-5,12-15H2,(H,24,25);1H. The van der Waals surface area contributed by atoms with Crippen molar-refractivity contribution in [3.05, 3.63) is 66.0 Å². The summed E-state index contributed by atoms with van der Waals surface area (Å²) in [6, 6.07) is 16.0. The van der Waals surface area contributed by atoms with E-state index in [0.717, 1.165) is 30.0 Å². The second kappa shape index (κ2) is 11.3. The number of rotatable bonds is 7. The Balaban J connectivity index is 0.00000261. The summed E-state index contributed by atoms with van der Waals surface area (Å²) in [6.45, 7) is 2.84. The van der Waals surface area contributed by atoms with E-state index in [2.05, 4.69) is 10.6 Å². The molecule has 0 aromatic heterocycles. The molecule has 2 unspecified atom stereocenters. The second-order valence-corrected chi connectivity index (χ2v) is 7.83. The molecule has 1 saturated heterocycles. The monoisotopic (exact) mass is 408 g/mol. The van der Waals surface area contributed by atoms with E-state index in [0.29, 0.717) is 12.5 Å². The van der Waals surface area contributed by atoms with Gasteiger partial charge in [0.15, 0.2) is 0 Å². The van der Waals surface area contributed by atoms with Crippen molar-refractivity contribution in [3.8, 4) is 0 Å².